The SMILES string of the molecule is Cn1cc(-c2noc(-c3cccc(N)n3)n2)cn1. The van der Waals surface area contributed by atoms with E-state index in [9.17, 15) is 0 Å². The molecule has 0 saturated carbocycles. The zero-order chi connectivity index (χ0) is 12.5. The van der Waals surface area contributed by atoms with E-state index in [0.717, 1.165) is 5.56 Å². The van der Waals surface area contributed by atoms with Crippen LogP contribution in [0, 0.1) is 0 Å². The molecule has 0 amide bonds. The highest BCUT2D eigenvalue weighted by atomic mass is 16.5. The van der Waals surface area contributed by atoms with E-state index in [2.05, 4.69) is 20.2 Å². The maximum atomic E-state index is 5.60. The molecule has 7 nitrogen and oxygen atoms in total. The fraction of sp³-hybridized carbons (Fsp3) is 0.0909. The normalized spacial score (nSPS) is 10.7. The van der Waals surface area contributed by atoms with Crippen molar-refractivity contribution in [3.8, 4) is 23.0 Å². The van der Waals surface area contributed by atoms with Crippen LogP contribution in [0.3, 0.4) is 0 Å². The Balaban J connectivity index is 1.99. The third-order valence-electron chi connectivity index (χ3n) is 2.38. The van der Waals surface area contributed by atoms with Gasteiger partial charge in [0.2, 0.25) is 5.82 Å². The van der Waals surface area contributed by atoms with Gasteiger partial charge in [-0.3, -0.25) is 4.68 Å². The van der Waals surface area contributed by atoms with Crippen molar-refractivity contribution in [2.45, 2.75) is 0 Å². The third kappa shape index (κ3) is 1.81. The monoisotopic (exact) mass is 242 g/mol. The van der Waals surface area contributed by atoms with Crippen LogP contribution in [0.4, 0.5) is 5.82 Å². The third-order valence-corrected chi connectivity index (χ3v) is 2.38. The van der Waals surface area contributed by atoms with Gasteiger partial charge in [0.05, 0.1) is 11.8 Å². The molecule has 0 saturated heterocycles. The van der Waals surface area contributed by atoms with Crippen molar-refractivity contribution >= 4 is 5.82 Å². The summed E-state index contributed by atoms with van der Waals surface area (Å²) in [5.74, 6) is 1.22. The van der Waals surface area contributed by atoms with Crippen LogP contribution >= 0.6 is 0 Å². The molecule has 0 unspecified atom stereocenters. The molecule has 0 aromatic carbocycles. The van der Waals surface area contributed by atoms with Crippen molar-refractivity contribution in [2.75, 3.05) is 5.73 Å². The highest BCUT2D eigenvalue weighted by Gasteiger charge is 2.12. The Hall–Kier alpha value is -2.70. The first-order valence-corrected chi connectivity index (χ1v) is 5.28. The van der Waals surface area contributed by atoms with E-state index >= 15 is 0 Å². The number of hydrogen-bond donors (Lipinski definition) is 1. The van der Waals surface area contributed by atoms with Crippen molar-refractivity contribution in [1.82, 2.24) is 24.9 Å². The molecule has 3 aromatic heterocycles. The summed E-state index contributed by atoms with van der Waals surface area (Å²) in [6, 6.07) is 5.24. The lowest BCUT2D eigenvalue weighted by Gasteiger charge is -1.93. The molecule has 90 valence electrons. The number of rotatable bonds is 2. The van der Waals surface area contributed by atoms with Crippen LogP contribution in [0.2, 0.25) is 0 Å². The molecule has 0 aliphatic rings. The summed E-state index contributed by atoms with van der Waals surface area (Å²) >= 11 is 0. The van der Waals surface area contributed by atoms with Crippen LogP contribution in [0.15, 0.2) is 35.1 Å². The van der Waals surface area contributed by atoms with Gasteiger partial charge in [0.25, 0.3) is 5.89 Å². The fourth-order valence-corrected chi connectivity index (χ4v) is 1.55. The number of nitrogens with zero attached hydrogens (tertiary/aromatic N) is 5. The summed E-state index contributed by atoms with van der Waals surface area (Å²) in [5, 5.41) is 7.93. The molecular formula is C11H10N6O. The van der Waals surface area contributed by atoms with Crippen LogP contribution in [0.5, 0.6) is 0 Å². The summed E-state index contributed by atoms with van der Waals surface area (Å²) in [5.41, 5.74) is 6.94. The highest BCUT2D eigenvalue weighted by molar-refractivity contribution is 5.57. The zero-order valence-corrected chi connectivity index (χ0v) is 9.61. The van der Waals surface area contributed by atoms with Crippen LogP contribution in [0.1, 0.15) is 0 Å². The van der Waals surface area contributed by atoms with Gasteiger partial charge in [-0.1, -0.05) is 11.2 Å². The molecule has 0 fully saturated rings. The molecule has 3 rings (SSSR count). The molecule has 2 N–H and O–H groups in total. The second-order valence-corrected chi connectivity index (χ2v) is 3.77. The van der Waals surface area contributed by atoms with E-state index in [1.54, 1.807) is 35.3 Å². The average molecular weight is 242 g/mol. The second kappa shape index (κ2) is 3.95. The first-order valence-electron chi connectivity index (χ1n) is 5.28. The Kier molecular flexibility index (Phi) is 2.30. The maximum absolute atomic E-state index is 5.60. The number of nitrogen functional groups attached to an aromatic ring is 1. The molecule has 0 aliphatic heterocycles. The van der Waals surface area contributed by atoms with Gasteiger partial charge in [0.15, 0.2) is 0 Å². The average Bonchev–Trinajstić information content (AvgIpc) is 2.97. The number of aryl methyl sites for hydroxylation is 1. The fourth-order valence-electron chi connectivity index (χ4n) is 1.55. The maximum Gasteiger partial charge on any atom is 0.276 e. The van der Waals surface area contributed by atoms with Gasteiger partial charge < -0.3 is 10.3 Å². The smallest absolute Gasteiger partial charge is 0.276 e. The Morgan fingerprint density at radius 1 is 1.28 bits per heavy atom. The van der Waals surface area contributed by atoms with Crippen molar-refractivity contribution in [3.63, 3.8) is 0 Å². The van der Waals surface area contributed by atoms with Crippen LogP contribution in [0.25, 0.3) is 23.0 Å². The zero-order valence-electron chi connectivity index (χ0n) is 9.61. The molecule has 3 aromatic rings. The van der Waals surface area contributed by atoms with E-state index in [1.165, 1.54) is 0 Å². The first kappa shape index (κ1) is 10.5. The summed E-state index contributed by atoms with van der Waals surface area (Å²) in [7, 11) is 1.82. The van der Waals surface area contributed by atoms with Crippen LogP contribution in [-0.4, -0.2) is 24.9 Å². The molecular weight excluding hydrogens is 232 g/mol. The largest absolute Gasteiger partial charge is 0.384 e. The lowest BCUT2D eigenvalue weighted by molar-refractivity contribution is 0.431. The Bertz CT molecular complexity index is 686. The number of nitrogens with two attached hydrogens (primary N) is 1. The molecule has 0 radical (unpaired) electrons. The van der Waals surface area contributed by atoms with E-state index in [-0.39, 0.29) is 0 Å². The Morgan fingerprint density at radius 3 is 2.89 bits per heavy atom. The standard InChI is InChI=1S/C11H10N6O/c1-17-6-7(5-13-17)10-15-11(18-16-10)8-3-2-4-9(12)14-8/h2-6H,1H3,(H2,12,14). The minimum absolute atomic E-state index is 0.334. The number of pyridine rings is 1. The summed E-state index contributed by atoms with van der Waals surface area (Å²) in [6.45, 7) is 0. The van der Waals surface area contributed by atoms with E-state index in [1.807, 2.05) is 7.05 Å². The van der Waals surface area contributed by atoms with E-state index in [0.29, 0.717) is 23.2 Å². The number of hydrogen-bond acceptors (Lipinski definition) is 6. The Morgan fingerprint density at radius 2 is 2.17 bits per heavy atom. The predicted octanol–water partition coefficient (Wildman–Crippen LogP) is 1.11. The molecule has 18 heavy (non-hydrogen) atoms. The minimum Gasteiger partial charge on any atom is -0.384 e. The highest BCUT2D eigenvalue weighted by Crippen LogP contribution is 2.20. The summed E-state index contributed by atoms with van der Waals surface area (Å²) in [4.78, 5) is 8.37. The van der Waals surface area contributed by atoms with Gasteiger partial charge in [-0.2, -0.15) is 10.1 Å². The molecule has 0 spiro atoms. The van der Waals surface area contributed by atoms with Crippen molar-refractivity contribution in [3.05, 3.63) is 30.6 Å². The van der Waals surface area contributed by atoms with Crippen LogP contribution < -0.4 is 5.73 Å². The first-order chi connectivity index (χ1) is 8.72. The quantitative estimate of drug-likeness (QED) is 0.723. The lowest BCUT2D eigenvalue weighted by Crippen LogP contribution is -1.91. The molecule has 3 heterocycles. The van der Waals surface area contributed by atoms with Crippen molar-refractivity contribution in [2.24, 2.45) is 7.05 Å². The molecule has 7 heteroatoms. The number of anilines is 1. The van der Waals surface area contributed by atoms with E-state index < -0.39 is 0 Å². The van der Waals surface area contributed by atoms with Gasteiger partial charge >= 0.3 is 0 Å². The van der Waals surface area contributed by atoms with Gasteiger partial charge in [-0.15, -0.1) is 0 Å². The van der Waals surface area contributed by atoms with Gasteiger partial charge in [0.1, 0.15) is 11.5 Å². The van der Waals surface area contributed by atoms with Gasteiger partial charge in [-0.25, -0.2) is 4.98 Å². The minimum atomic E-state index is 0.334. The van der Waals surface area contributed by atoms with Gasteiger partial charge in [-0.05, 0) is 12.1 Å². The Labute approximate surface area is 102 Å². The molecule has 0 atom stereocenters. The molecule has 0 aliphatic carbocycles. The molecule has 0 bridgehead atoms. The topological polar surface area (TPSA) is 95.7 Å². The van der Waals surface area contributed by atoms with Crippen molar-refractivity contribution < 1.29 is 4.52 Å². The van der Waals surface area contributed by atoms with Crippen LogP contribution in [-0.2, 0) is 7.05 Å². The predicted molar refractivity (Wildman–Crippen MR) is 64.1 cm³/mol. The summed E-state index contributed by atoms with van der Waals surface area (Å²) in [6.07, 6.45) is 3.48. The second-order valence-electron chi connectivity index (χ2n) is 3.77. The lowest BCUT2D eigenvalue weighted by atomic mass is 10.3. The van der Waals surface area contributed by atoms with E-state index in [4.69, 9.17) is 10.3 Å². The van der Waals surface area contributed by atoms with Crippen molar-refractivity contribution in [1.29, 1.82) is 0 Å². The number of aromatic nitrogens is 5. The summed E-state index contributed by atoms with van der Waals surface area (Å²) < 4.78 is 6.82. The van der Waals surface area contributed by atoms with Gasteiger partial charge in [0, 0.05) is 13.2 Å².